The van der Waals surface area contributed by atoms with Crippen LogP contribution in [-0.2, 0) is 11.5 Å². The highest BCUT2D eigenvalue weighted by atomic mass is 32.2. The average molecular weight is 198 g/mol. The molecule has 1 aromatic heterocycles. The SMILES string of the molecule is C[Si](C)(C)c1cc2c(o1)CSC2. The molecule has 0 unspecified atom stereocenters. The molecule has 0 N–H and O–H groups in total. The van der Waals surface area contributed by atoms with E-state index in [-0.39, 0.29) is 0 Å². The highest BCUT2D eigenvalue weighted by Gasteiger charge is 2.25. The van der Waals surface area contributed by atoms with Crippen molar-refractivity contribution >= 4 is 25.2 Å². The fourth-order valence-corrected chi connectivity index (χ4v) is 3.37. The van der Waals surface area contributed by atoms with Gasteiger partial charge in [0.25, 0.3) is 0 Å². The van der Waals surface area contributed by atoms with E-state index in [1.807, 2.05) is 11.8 Å². The third-order valence-corrected chi connectivity index (χ3v) is 4.83. The molecule has 0 amide bonds. The Morgan fingerprint density at radius 3 is 2.67 bits per heavy atom. The zero-order valence-corrected chi connectivity index (χ0v) is 9.62. The van der Waals surface area contributed by atoms with Gasteiger partial charge in [-0.1, -0.05) is 19.6 Å². The summed E-state index contributed by atoms with van der Waals surface area (Å²) in [7, 11) is -1.20. The molecule has 2 rings (SSSR count). The maximum absolute atomic E-state index is 5.83. The molecule has 0 saturated heterocycles. The van der Waals surface area contributed by atoms with Gasteiger partial charge in [0.2, 0.25) is 0 Å². The third kappa shape index (κ3) is 1.36. The molecule has 3 heteroatoms. The first-order valence-corrected chi connectivity index (χ1v) is 8.92. The Morgan fingerprint density at radius 1 is 1.33 bits per heavy atom. The average Bonchev–Trinajstić information content (AvgIpc) is 2.37. The van der Waals surface area contributed by atoms with Gasteiger partial charge in [-0.05, 0) is 6.07 Å². The Balaban J connectivity index is 2.38. The zero-order valence-electron chi connectivity index (χ0n) is 7.81. The van der Waals surface area contributed by atoms with E-state index in [4.69, 9.17) is 4.42 Å². The molecule has 0 aliphatic carbocycles. The molecular formula is C9H14OSSi. The quantitative estimate of drug-likeness (QED) is 0.643. The molecule has 0 radical (unpaired) electrons. The summed E-state index contributed by atoms with van der Waals surface area (Å²) in [5, 5.41) is 1.27. The van der Waals surface area contributed by atoms with Crippen LogP contribution < -0.4 is 5.38 Å². The molecule has 0 atom stereocenters. The first-order valence-electron chi connectivity index (χ1n) is 4.27. The summed E-state index contributed by atoms with van der Waals surface area (Å²) in [6, 6.07) is 2.28. The van der Waals surface area contributed by atoms with Gasteiger partial charge in [0.1, 0.15) is 13.8 Å². The number of fused-ring (bicyclic) bond motifs is 1. The second-order valence-electron chi connectivity index (χ2n) is 4.30. The van der Waals surface area contributed by atoms with E-state index in [0.29, 0.717) is 0 Å². The van der Waals surface area contributed by atoms with Gasteiger partial charge in [0.05, 0.1) is 11.1 Å². The third-order valence-electron chi connectivity index (χ3n) is 2.13. The van der Waals surface area contributed by atoms with Gasteiger partial charge in [-0.3, -0.25) is 0 Å². The molecule has 66 valence electrons. The van der Waals surface area contributed by atoms with E-state index >= 15 is 0 Å². The van der Waals surface area contributed by atoms with E-state index < -0.39 is 8.07 Å². The zero-order chi connectivity index (χ0) is 8.77. The van der Waals surface area contributed by atoms with Gasteiger partial charge in [0, 0.05) is 11.3 Å². The van der Waals surface area contributed by atoms with Crippen molar-refractivity contribution in [3.63, 3.8) is 0 Å². The lowest BCUT2D eigenvalue weighted by atomic mass is 10.3. The summed E-state index contributed by atoms with van der Waals surface area (Å²) >= 11 is 1.95. The predicted octanol–water partition coefficient (Wildman–Crippen LogP) is 2.57. The molecule has 0 spiro atoms. The summed E-state index contributed by atoms with van der Waals surface area (Å²) in [5.41, 5.74) is 1.44. The summed E-state index contributed by atoms with van der Waals surface area (Å²) in [5.74, 6) is 3.47. The minimum atomic E-state index is -1.20. The maximum Gasteiger partial charge on any atom is 0.123 e. The molecule has 1 nitrogen and oxygen atoms in total. The highest BCUT2D eigenvalue weighted by molar-refractivity contribution is 7.98. The van der Waals surface area contributed by atoms with Crippen molar-refractivity contribution in [2.45, 2.75) is 31.1 Å². The lowest BCUT2D eigenvalue weighted by Crippen LogP contribution is -2.36. The second kappa shape index (κ2) is 2.67. The summed E-state index contributed by atoms with van der Waals surface area (Å²) in [6.07, 6.45) is 0. The Kier molecular flexibility index (Phi) is 1.88. The number of rotatable bonds is 1. The summed E-state index contributed by atoms with van der Waals surface area (Å²) < 4.78 is 5.83. The summed E-state index contributed by atoms with van der Waals surface area (Å²) in [6.45, 7) is 6.98. The largest absolute Gasteiger partial charge is 0.470 e. The number of thioether (sulfide) groups is 1. The highest BCUT2D eigenvalue weighted by Crippen LogP contribution is 2.30. The van der Waals surface area contributed by atoms with E-state index in [1.165, 1.54) is 16.7 Å². The van der Waals surface area contributed by atoms with Gasteiger partial charge >= 0.3 is 0 Å². The first-order chi connectivity index (χ1) is 5.57. The number of hydrogen-bond acceptors (Lipinski definition) is 2. The maximum atomic E-state index is 5.83. The smallest absolute Gasteiger partial charge is 0.123 e. The van der Waals surface area contributed by atoms with Crippen LogP contribution in [0.5, 0.6) is 0 Å². The van der Waals surface area contributed by atoms with Crippen LogP contribution in [0.15, 0.2) is 10.5 Å². The molecule has 0 saturated carbocycles. The van der Waals surface area contributed by atoms with E-state index in [1.54, 1.807) is 0 Å². The molecule has 1 aromatic rings. The van der Waals surface area contributed by atoms with Crippen molar-refractivity contribution in [3.05, 3.63) is 17.4 Å². The fraction of sp³-hybridized carbons (Fsp3) is 0.556. The van der Waals surface area contributed by atoms with Crippen LogP contribution in [0.25, 0.3) is 0 Å². The van der Waals surface area contributed by atoms with Crippen LogP contribution in [0.1, 0.15) is 11.3 Å². The lowest BCUT2D eigenvalue weighted by molar-refractivity contribution is 0.557. The molecule has 1 aliphatic rings. The predicted molar refractivity (Wildman–Crippen MR) is 56.7 cm³/mol. The van der Waals surface area contributed by atoms with E-state index in [0.717, 1.165) is 11.5 Å². The molecule has 1 aliphatic heterocycles. The van der Waals surface area contributed by atoms with Gasteiger partial charge in [-0.15, -0.1) is 11.8 Å². The number of furan rings is 1. The molecule has 0 aromatic carbocycles. The molecule has 2 heterocycles. The topological polar surface area (TPSA) is 13.1 Å². The molecular weight excluding hydrogens is 184 g/mol. The van der Waals surface area contributed by atoms with Gasteiger partial charge < -0.3 is 4.42 Å². The van der Waals surface area contributed by atoms with Crippen molar-refractivity contribution in [1.82, 2.24) is 0 Å². The monoisotopic (exact) mass is 198 g/mol. The molecule has 0 bridgehead atoms. The van der Waals surface area contributed by atoms with Gasteiger partial charge in [-0.2, -0.15) is 0 Å². The Bertz CT molecular complexity index is 276. The summed E-state index contributed by atoms with van der Waals surface area (Å²) in [4.78, 5) is 0. The minimum Gasteiger partial charge on any atom is -0.470 e. The van der Waals surface area contributed by atoms with Crippen molar-refractivity contribution in [2.24, 2.45) is 0 Å². The lowest BCUT2D eigenvalue weighted by Gasteiger charge is -2.11. The van der Waals surface area contributed by atoms with Gasteiger partial charge in [0.15, 0.2) is 0 Å². The van der Waals surface area contributed by atoms with Crippen molar-refractivity contribution in [1.29, 1.82) is 0 Å². The van der Waals surface area contributed by atoms with Crippen molar-refractivity contribution in [3.8, 4) is 0 Å². The van der Waals surface area contributed by atoms with E-state index in [2.05, 4.69) is 25.7 Å². The van der Waals surface area contributed by atoms with E-state index in [9.17, 15) is 0 Å². The Labute approximate surface area is 78.5 Å². The Morgan fingerprint density at radius 2 is 2.08 bits per heavy atom. The number of hydrogen-bond donors (Lipinski definition) is 0. The first kappa shape index (κ1) is 8.45. The Hall–Kier alpha value is -0.153. The van der Waals surface area contributed by atoms with Gasteiger partial charge in [-0.25, -0.2) is 0 Å². The normalized spacial score (nSPS) is 16.6. The molecule has 0 fully saturated rings. The molecule has 12 heavy (non-hydrogen) atoms. The van der Waals surface area contributed by atoms with Crippen LogP contribution in [0.2, 0.25) is 19.6 Å². The van der Waals surface area contributed by atoms with Crippen LogP contribution in [0.3, 0.4) is 0 Å². The fourth-order valence-electron chi connectivity index (χ4n) is 1.33. The van der Waals surface area contributed by atoms with Crippen molar-refractivity contribution in [2.75, 3.05) is 0 Å². The van der Waals surface area contributed by atoms with Crippen molar-refractivity contribution < 1.29 is 4.42 Å². The standard InChI is InChI=1S/C9H14OSSi/c1-12(2,3)9-4-7-5-11-6-8(7)10-9/h4H,5-6H2,1-3H3. The van der Waals surface area contributed by atoms with Crippen LogP contribution in [0.4, 0.5) is 0 Å². The second-order valence-corrected chi connectivity index (χ2v) is 10.3. The van der Waals surface area contributed by atoms with Crippen LogP contribution in [-0.4, -0.2) is 8.07 Å². The minimum absolute atomic E-state index is 1.08. The van der Waals surface area contributed by atoms with Crippen LogP contribution >= 0.6 is 11.8 Å². The van der Waals surface area contributed by atoms with Crippen LogP contribution in [0, 0.1) is 0 Å².